The summed E-state index contributed by atoms with van der Waals surface area (Å²) in [5, 5.41) is 0. The Bertz CT molecular complexity index is 830. The zero-order valence-corrected chi connectivity index (χ0v) is 16.2. The van der Waals surface area contributed by atoms with E-state index in [0.29, 0.717) is 43.9 Å². The first-order chi connectivity index (χ1) is 13.5. The molecule has 2 aromatic rings. The lowest BCUT2D eigenvalue weighted by Gasteiger charge is -2.35. The zero-order chi connectivity index (χ0) is 20.1. The number of rotatable bonds is 5. The van der Waals surface area contributed by atoms with Gasteiger partial charge in [-0.1, -0.05) is 25.1 Å². The molecule has 0 saturated carbocycles. The van der Waals surface area contributed by atoms with E-state index in [1.807, 2.05) is 6.92 Å². The molecule has 0 N–H and O–H groups in total. The van der Waals surface area contributed by atoms with Gasteiger partial charge in [-0.3, -0.25) is 9.59 Å². The molecule has 28 heavy (non-hydrogen) atoms. The minimum absolute atomic E-state index is 0.0181. The molecular formula is C22H25FN2O3. The topological polar surface area (TPSA) is 49.9 Å². The van der Waals surface area contributed by atoms with E-state index in [-0.39, 0.29) is 23.5 Å². The van der Waals surface area contributed by atoms with E-state index < -0.39 is 0 Å². The molecule has 2 aromatic carbocycles. The van der Waals surface area contributed by atoms with Crippen LogP contribution in [-0.4, -0.2) is 54.9 Å². The van der Waals surface area contributed by atoms with Crippen molar-refractivity contribution in [2.45, 2.75) is 19.3 Å². The lowest BCUT2D eigenvalue weighted by Crippen LogP contribution is -2.50. The van der Waals surface area contributed by atoms with Crippen LogP contribution in [0.3, 0.4) is 0 Å². The second kappa shape index (κ2) is 8.87. The van der Waals surface area contributed by atoms with Crippen LogP contribution in [0.25, 0.3) is 0 Å². The average molecular weight is 384 g/mol. The van der Waals surface area contributed by atoms with Crippen LogP contribution in [0.4, 0.5) is 4.39 Å². The summed E-state index contributed by atoms with van der Waals surface area (Å²) in [7, 11) is 1.57. The fraction of sp³-hybridized carbons (Fsp3) is 0.364. The highest BCUT2D eigenvalue weighted by atomic mass is 19.1. The van der Waals surface area contributed by atoms with E-state index in [1.54, 1.807) is 53.3 Å². The monoisotopic (exact) mass is 384 g/mol. The van der Waals surface area contributed by atoms with Crippen molar-refractivity contribution in [2.24, 2.45) is 0 Å². The number of piperazine rings is 1. The first kappa shape index (κ1) is 19.9. The summed E-state index contributed by atoms with van der Waals surface area (Å²) < 4.78 is 18.2. The van der Waals surface area contributed by atoms with Gasteiger partial charge in [-0.2, -0.15) is 0 Å². The van der Waals surface area contributed by atoms with Gasteiger partial charge in [-0.15, -0.1) is 0 Å². The van der Waals surface area contributed by atoms with Gasteiger partial charge in [0.1, 0.15) is 11.6 Å². The summed E-state index contributed by atoms with van der Waals surface area (Å²) in [6.45, 7) is 4.02. The molecular weight excluding hydrogens is 359 g/mol. The normalized spacial score (nSPS) is 15.2. The predicted octanol–water partition coefficient (Wildman–Crippen LogP) is 3.31. The third-order valence-corrected chi connectivity index (χ3v) is 5.16. The molecule has 1 heterocycles. The van der Waals surface area contributed by atoms with Crippen molar-refractivity contribution in [2.75, 3.05) is 33.3 Å². The number of hydrogen-bond donors (Lipinski definition) is 0. The molecule has 6 heteroatoms. The molecule has 0 radical (unpaired) electrons. The van der Waals surface area contributed by atoms with Gasteiger partial charge in [0, 0.05) is 38.2 Å². The van der Waals surface area contributed by atoms with Gasteiger partial charge < -0.3 is 14.5 Å². The second-order valence-electron chi connectivity index (χ2n) is 7.06. The Morgan fingerprint density at radius 2 is 1.68 bits per heavy atom. The maximum Gasteiger partial charge on any atom is 0.254 e. The van der Waals surface area contributed by atoms with Crippen LogP contribution >= 0.6 is 0 Å². The summed E-state index contributed by atoms with van der Waals surface area (Å²) in [4.78, 5) is 28.8. The van der Waals surface area contributed by atoms with Crippen LogP contribution in [0.1, 0.15) is 35.2 Å². The van der Waals surface area contributed by atoms with Gasteiger partial charge in [0.15, 0.2) is 0 Å². The van der Waals surface area contributed by atoms with Crippen molar-refractivity contribution in [3.05, 3.63) is 65.5 Å². The van der Waals surface area contributed by atoms with Crippen LogP contribution < -0.4 is 4.74 Å². The second-order valence-corrected chi connectivity index (χ2v) is 7.06. The molecule has 148 valence electrons. The predicted molar refractivity (Wildman–Crippen MR) is 105 cm³/mol. The maximum absolute atomic E-state index is 13.1. The summed E-state index contributed by atoms with van der Waals surface area (Å²) >= 11 is 0. The molecule has 0 aliphatic carbocycles. The van der Waals surface area contributed by atoms with E-state index in [9.17, 15) is 14.0 Å². The molecule has 0 spiro atoms. The lowest BCUT2D eigenvalue weighted by atomic mass is 9.97. The average Bonchev–Trinajstić information content (AvgIpc) is 2.73. The minimum Gasteiger partial charge on any atom is -0.497 e. The van der Waals surface area contributed by atoms with Crippen LogP contribution in [0.5, 0.6) is 5.75 Å². The van der Waals surface area contributed by atoms with Gasteiger partial charge in [0.2, 0.25) is 5.91 Å². The fourth-order valence-corrected chi connectivity index (χ4v) is 3.40. The number of hydrogen-bond acceptors (Lipinski definition) is 3. The Morgan fingerprint density at radius 1 is 1.04 bits per heavy atom. The Balaban J connectivity index is 1.53. The quantitative estimate of drug-likeness (QED) is 0.795. The molecule has 1 fully saturated rings. The standard InChI is InChI=1S/C22H25FN2O3/c1-16(17-6-8-19(23)9-7-17)14-21(26)24-10-12-25(13-11-24)22(27)18-4-3-5-20(15-18)28-2/h3-9,15-16H,10-14H2,1-2H3. The smallest absolute Gasteiger partial charge is 0.254 e. The molecule has 1 unspecified atom stereocenters. The number of nitrogens with zero attached hydrogens (tertiary/aromatic N) is 2. The van der Waals surface area contributed by atoms with Gasteiger partial charge in [0.25, 0.3) is 5.91 Å². The third kappa shape index (κ3) is 4.68. The molecule has 1 aliphatic rings. The number of amides is 2. The molecule has 1 saturated heterocycles. The zero-order valence-electron chi connectivity index (χ0n) is 16.2. The Morgan fingerprint density at radius 3 is 2.32 bits per heavy atom. The van der Waals surface area contributed by atoms with Crippen molar-refractivity contribution >= 4 is 11.8 Å². The van der Waals surface area contributed by atoms with Crippen molar-refractivity contribution in [1.82, 2.24) is 9.80 Å². The SMILES string of the molecule is COc1cccc(C(=O)N2CCN(C(=O)CC(C)c3ccc(F)cc3)CC2)c1. The molecule has 0 aromatic heterocycles. The molecule has 1 atom stereocenters. The first-order valence-corrected chi connectivity index (χ1v) is 9.44. The van der Waals surface area contributed by atoms with Gasteiger partial charge in [-0.05, 0) is 41.8 Å². The summed E-state index contributed by atoms with van der Waals surface area (Å²) in [5.74, 6) is 0.397. The molecule has 3 rings (SSSR count). The van der Waals surface area contributed by atoms with Crippen LogP contribution in [-0.2, 0) is 4.79 Å². The highest BCUT2D eigenvalue weighted by Gasteiger charge is 2.26. The summed E-state index contributed by atoms with van der Waals surface area (Å²) in [6, 6.07) is 13.4. The molecule has 2 amide bonds. The number of carbonyl (C=O) groups is 2. The van der Waals surface area contributed by atoms with E-state index in [0.717, 1.165) is 5.56 Å². The van der Waals surface area contributed by atoms with E-state index >= 15 is 0 Å². The molecule has 0 bridgehead atoms. The largest absolute Gasteiger partial charge is 0.497 e. The van der Waals surface area contributed by atoms with Gasteiger partial charge >= 0.3 is 0 Å². The van der Waals surface area contributed by atoms with Gasteiger partial charge in [0.05, 0.1) is 7.11 Å². The van der Waals surface area contributed by atoms with E-state index in [2.05, 4.69) is 0 Å². The number of halogens is 1. The lowest BCUT2D eigenvalue weighted by molar-refractivity contribution is -0.133. The first-order valence-electron chi connectivity index (χ1n) is 9.44. The van der Waals surface area contributed by atoms with Crippen molar-refractivity contribution in [3.63, 3.8) is 0 Å². The number of carbonyl (C=O) groups excluding carboxylic acids is 2. The minimum atomic E-state index is -0.279. The van der Waals surface area contributed by atoms with Gasteiger partial charge in [-0.25, -0.2) is 4.39 Å². The van der Waals surface area contributed by atoms with Crippen LogP contribution in [0.15, 0.2) is 48.5 Å². The van der Waals surface area contributed by atoms with Crippen LogP contribution in [0, 0.1) is 5.82 Å². The number of methoxy groups -OCH3 is 1. The Hall–Kier alpha value is -2.89. The Kier molecular flexibility index (Phi) is 6.29. The maximum atomic E-state index is 13.1. The van der Waals surface area contributed by atoms with E-state index in [1.165, 1.54) is 12.1 Å². The summed E-state index contributed by atoms with van der Waals surface area (Å²) in [5.41, 5.74) is 1.53. The number of benzene rings is 2. The molecule has 5 nitrogen and oxygen atoms in total. The van der Waals surface area contributed by atoms with Crippen molar-refractivity contribution in [3.8, 4) is 5.75 Å². The van der Waals surface area contributed by atoms with Crippen LogP contribution in [0.2, 0.25) is 0 Å². The molecule has 1 aliphatic heterocycles. The summed E-state index contributed by atoms with van der Waals surface area (Å²) in [6.07, 6.45) is 0.370. The highest BCUT2D eigenvalue weighted by molar-refractivity contribution is 5.94. The Labute approximate surface area is 164 Å². The van der Waals surface area contributed by atoms with Crippen molar-refractivity contribution < 1.29 is 18.7 Å². The highest BCUT2D eigenvalue weighted by Crippen LogP contribution is 2.21. The third-order valence-electron chi connectivity index (χ3n) is 5.16. The number of ether oxygens (including phenoxy) is 1. The van der Waals surface area contributed by atoms with Crippen molar-refractivity contribution in [1.29, 1.82) is 0 Å². The van der Waals surface area contributed by atoms with E-state index in [4.69, 9.17) is 4.74 Å². The fourth-order valence-electron chi connectivity index (χ4n) is 3.40.